The predicted molar refractivity (Wildman–Crippen MR) is 228 cm³/mol. The number of anilines is 1. The number of piperidine rings is 1. The second-order valence-electron chi connectivity index (χ2n) is 15.9. The van der Waals surface area contributed by atoms with E-state index >= 15 is 0 Å². The number of benzene rings is 4. The maximum atomic E-state index is 13.4. The molecule has 1 saturated heterocycles. The summed E-state index contributed by atoms with van der Waals surface area (Å²) in [5.74, 6) is -2.56. The molecule has 13 nitrogen and oxygen atoms in total. The number of hydrogen-bond donors (Lipinski definition) is 3. The van der Waals surface area contributed by atoms with Crippen molar-refractivity contribution in [2.45, 2.75) is 76.1 Å². The van der Waals surface area contributed by atoms with Crippen molar-refractivity contribution in [1.82, 2.24) is 24.3 Å². The number of carbonyl (C=O) groups is 5. The van der Waals surface area contributed by atoms with Crippen LogP contribution in [0.3, 0.4) is 0 Å². The van der Waals surface area contributed by atoms with Crippen molar-refractivity contribution in [2.75, 3.05) is 11.9 Å². The zero-order valence-electron chi connectivity index (χ0n) is 33.5. The minimum absolute atomic E-state index is 0.0120. The van der Waals surface area contributed by atoms with E-state index in [2.05, 4.69) is 51.6 Å². The Morgan fingerprint density at radius 2 is 1.48 bits per heavy atom. The number of nitrogens with one attached hydrogen (secondary N) is 3. The zero-order valence-corrected chi connectivity index (χ0v) is 33.5. The molecule has 2 aromatic heterocycles. The van der Waals surface area contributed by atoms with Crippen molar-refractivity contribution in [3.63, 3.8) is 0 Å². The third-order valence-corrected chi connectivity index (χ3v) is 12.0. The van der Waals surface area contributed by atoms with Crippen LogP contribution in [0.15, 0.2) is 116 Å². The Morgan fingerprint density at radius 1 is 0.787 bits per heavy atom. The van der Waals surface area contributed by atoms with Crippen molar-refractivity contribution >= 4 is 46.3 Å². The Bertz CT molecular complexity index is 2720. The molecule has 13 heteroatoms. The number of esters is 1. The van der Waals surface area contributed by atoms with Gasteiger partial charge in [-0.1, -0.05) is 97.1 Å². The lowest BCUT2D eigenvalue weighted by molar-refractivity contribution is -0.151. The summed E-state index contributed by atoms with van der Waals surface area (Å²) in [6, 6.07) is 34.7. The van der Waals surface area contributed by atoms with E-state index in [1.54, 1.807) is 24.5 Å². The Hall–Kier alpha value is -7.15. The summed E-state index contributed by atoms with van der Waals surface area (Å²) >= 11 is 0. The van der Waals surface area contributed by atoms with Crippen molar-refractivity contribution in [1.29, 1.82) is 5.41 Å². The average Bonchev–Trinajstić information content (AvgIpc) is 3.74. The van der Waals surface area contributed by atoms with Crippen LogP contribution in [0.5, 0.6) is 0 Å². The van der Waals surface area contributed by atoms with Gasteiger partial charge in [-0.15, -0.1) is 0 Å². The third-order valence-electron chi connectivity index (χ3n) is 12.0. The SMILES string of the molecule is N=c1c2c(-c3ccccc3)c(-c3ccccc3)n(Cc3ccccc3)c2ncn1C1CCC(OC(=O)CCCNc2cccc3c2C(=O)N(C2CCC(=O)NC2=O)C3=O)CC1. The number of amides is 4. The highest BCUT2D eigenvalue weighted by Gasteiger charge is 2.45. The highest BCUT2D eigenvalue weighted by atomic mass is 16.5. The fraction of sp³-hybridized carbons (Fsp3) is 0.271. The molecule has 2 aliphatic heterocycles. The summed E-state index contributed by atoms with van der Waals surface area (Å²) in [4.78, 5) is 69.8. The number of rotatable bonds is 12. The smallest absolute Gasteiger partial charge is 0.306 e. The lowest BCUT2D eigenvalue weighted by atomic mass is 9.92. The molecule has 3 aliphatic rings. The van der Waals surface area contributed by atoms with Gasteiger partial charge in [0.05, 0.1) is 28.5 Å². The first-order chi connectivity index (χ1) is 29.8. The molecule has 0 spiro atoms. The molecular formula is C48H45N7O6. The summed E-state index contributed by atoms with van der Waals surface area (Å²) < 4.78 is 10.2. The maximum absolute atomic E-state index is 13.4. The molecule has 1 saturated carbocycles. The molecule has 9 rings (SSSR count). The molecule has 1 atom stereocenters. The van der Waals surface area contributed by atoms with Crippen LogP contribution in [-0.4, -0.2) is 67.3 Å². The Balaban J connectivity index is 0.859. The van der Waals surface area contributed by atoms with Crippen LogP contribution in [0.25, 0.3) is 33.4 Å². The van der Waals surface area contributed by atoms with Crippen molar-refractivity contribution in [3.05, 3.63) is 138 Å². The van der Waals surface area contributed by atoms with Gasteiger partial charge in [-0.25, -0.2) is 4.98 Å². The maximum Gasteiger partial charge on any atom is 0.306 e. The van der Waals surface area contributed by atoms with Gasteiger partial charge in [0.1, 0.15) is 23.3 Å². The van der Waals surface area contributed by atoms with Crippen LogP contribution in [0.2, 0.25) is 0 Å². The standard InChI is InChI=1S/C48H45N7O6/c49-44-42-40(31-14-6-2-7-15-31)43(32-16-8-3-9-17-32)53(28-30-12-4-1-5-13-30)45(42)51-29-54(44)33-21-23-34(24-22-33)61-39(57)20-11-27-50-36-19-10-18-35-41(36)48(60)55(47(35)59)37-25-26-38(56)52-46(37)58/h1-10,12-19,29,33-34,37,49-50H,11,20-28H2,(H,52,56,58). The van der Waals surface area contributed by atoms with Gasteiger partial charge in [0.15, 0.2) is 0 Å². The summed E-state index contributed by atoms with van der Waals surface area (Å²) in [5.41, 5.74) is 7.17. The van der Waals surface area contributed by atoms with E-state index in [9.17, 15) is 29.4 Å². The second kappa shape index (κ2) is 16.8. The first kappa shape index (κ1) is 39.3. The first-order valence-electron chi connectivity index (χ1n) is 20.9. The molecule has 308 valence electrons. The minimum Gasteiger partial charge on any atom is -0.462 e. The normalized spacial score (nSPS) is 18.9. The van der Waals surface area contributed by atoms with Crippen molar-refractivity contribution in [3.8, 4) is 22.4 Å². The van der Waals surface area contributed by atoms with Gasteiger partial charge in [-0.2, -0.15) is 0 Å². The van der Waals surface area contributed by atoms with E-state index in [4.69, 9.17) is 9.72 Å². The van der Waals surface area contributed by atoms with Crippen LogP contribution in [0.1, 0.15) is 83.7 Å². The Kier molecular flexibility index (Phi) is 10.9. The molecular weight excluding hydrogens is 771 g/mol. The molecule has 4 aromatic carbocycles. The summed E-state index contributed by atoms with van der Waals surface area (Å²) in [6.07, 6.45) is 5.04. The lowest BCUT2D eigenvalue weighted by Gasteiger charge is -2.30. The van der Waals surface area contributed by atoms with Gasteiger partial charge >= 0.3 is 5.97 Å². The number of fused-ring (bicyclic) bond motifs is 2. The van der Waals surface area contributed by atoms with Crippen molar-refractivity contribution < 1.29 is 28.7 Å². The second-order valence-corrected chi connectivity index (χ2v) is 15.9. The van der Waals surface area contributed by atoms with Gasteiger partial charge < -0.3 is 19.2 Å². The van der Waals surface area contributed by atoms with E-state index in [0.717, 1.165) is 56.7 Å². The summed E-state index contributed by atoms with van der Waals surface area (Å²) in [6.45, 7) is 0.943. The van der Waals surface area contributed by atoms with Crippen molar-refractivity contribution in [2.24, 2.45) is 0 Å². The monoisotopic (exact) mass is 815 g/mol. The fourth-order valence-electron chi connectivity index (χ4n) is 9.05. The molecule has 61 heavy (non-hydrogen) atoms. The van der Waals surface area contributed by atoms with Crippen LogP contribution < -0.4 is 16.1 Å². The molecule has 1 unspecified atom stereocenters. The summed E-state index contributed by atoms with van der Waals surface area (Å²) in [7, 11) is 0. The Labute approximate surface area is 351 Å². The van der Waals surface area contributed by atoms with E-state index in [0.29, 0.717) is 43.5 Å². The molecule has 6 aromatic rings. The number of ether oxygens (including phenoxy) is 1. The zero-order chi connectivity index (χ0) is 42.0. The first-order valence-corrected chi connectivity index (χ1v) is 20.9. The van der Waals surface area contributed by atoms with E-state index < -0.39 is 29.7 Å². The minimum atomic E-state index is -1.05. The fourth-order valence-corrected chi connectivity index (χ4v) is 9.05. The van der Waals surface area contributed by atoms with Gasteiger partial charge in [0, 0.05) is 43.2 Å². The van der Waals surface area contributed by atoms with Gasteiger partial charge in [-0.05, 0) is 67.3 Å². The molecule has 1 aliphatic carbocycles. The molecule has 2 fully saturated rings. The van der Waals surface area contributed by atoms with Gasteiger partial charge in [0.25, 0.3) is 11.8 Å². The van der Waals surface area contributed by atoms with Crippen LogP contribution >= 0.6 is 0 Å². The highest BCUT2D eigenvalue weighted by molar-refractivity contribution is 6.25. The molecule has 0 bridgehead atoms. The number of aromatic nitrogens is 3. The molecule has 0 radical (unpaired) electrons. The lowest BCUT2D eigenvalue weighted by Crippen LogP contribution is -2.54. The molecule has 4 heterocycles. The third kappa shape index (κ3) is 7.63. The predicted octanol–water partition coefficient (Wildman–Crippen LogP) is 7.02. The van der Waals surface area contributed by atoms with Crippen LogP contribution in [0.4, 0.5) is 5.69 Å². The largest absolute Gasteiger partial charge is 0.462 e. The molecule has 4 amide bonds. The number of carbonyl (C=O) groups excluding carboxylic acids is 5. The average molecular weight is 816 g/mol. The quantitative estimate of drug-likeness (QED) is 0.0673. The van der Waals surface area contributed by atoms with Crippen LogP contribution in [0, 0.1) is 5.41 Å². The highest BCUT2D eigenvalue weighted by Crippen LogP contribution is 2.40. The number of imide groups is 2. The van der Waals surface area contributed by atoms with Gasteiger partial charge in [0.2, 0.25) is 11.8 Å². The Morgan fingerprint density at radius 3 is 2.18 bits per heavy atom. The molecule has 3 N–H and O–H groups in total. The summed E-state index contributed by atoms with van der Waals surface area (Å²) in [5, 5.41) is 15.9. The van der Waals surface area contributed by atoms with Crippen LogP contribution in [-0.2, 0) is 25.7 Å². The van der Waals surface area contributed by atoms with Gasteiger partial charge in [-0.3, -0.25) is 39.6 Å². The topological polar surface area (TPSA) is 168 Å². The number of hydrogen-bond acceptors (Lipinski definition) is 9. The van der Waals surface area contributed by atoms with E-state index in [1.165, 1.54) is 0 Å². The number of nitrogens with zero attached hydrogens (tertiary/aromatic N) is 4. The van der Waals surface area contributed by atoms with E-state index in [1.807, 2.05) is 59.2 Å². The van der Waals surface area contributed by atoms with E-state index in [-0.39, 0.29) is 48.5 Å².